The number of carbonyl (C=O) groups excluding carboxylic acids is 1. The van der Waals surface area contributed by atoms with E-state index in [-0.39, 0.29) is 18.0 Å². The molecule has 0 radical (unpaired) electrons. The van der Waals surface area contributed by atoms with Crippen molar-refractivity contribution in [3.05, 3.63) is 71.4 Å². The lowest BCUT2D eigenvalue weighted by Crippen LogP contribution is -2.26. The minimum atomic E-state index is -0.122. The van der Waals surface area contributed by atoms with Crippen molar-refractivity contribution in [3.8, 4) is 0 Å². The number of para-hydroxylation sites is 2. The monoisotopic (exact) mass is 435 g/mol. The Morgan fingerprint density at radius 2 is 1.71 bits per heavy atom. The number of imidazole rings is 2. The maximum Gasteiger partial charge on any atom is 0.329 e. The van der Waals surface area contributed by atoms with E-state index in [4.69, 9.17) is 0 Å². The first-order chi connectivity index (χ1) is 15.1. The number of hydrogen-bond donors (Lipinski definition) is 1. The SMILES string of the molecule is CCCn1c(=O)n(CCC(=O)Nc2ccc(Sc3nccn3C)cc2)c2ccccc21. The maximum atomic E-state index is 12.8. The number of hydrogen-bond acceptors (Lipinski definition) is 4. The van der Waals surface area contributed by atoms with Gasteiger partial charge in [0.05, 0.1) is 11.0 Å². The first-order valence-electron chi connectivity index (χ1n) is 10.3. The number of benzene rings is 2. The summed E-state index contributed by atoms with van der Waals surface area (Å²) in [5.41, 5.74) is 2.45. The predicted octanol–water partition coefficient (Wildman–Crippen LogP) is 4.13. The summed E-state index contributed by atoms with van der Waals surface area (Å²) >= 11 is 1.56. The Hall–Kier alpha value is -3.26. The average molecular weight is 436 g/mol. The normalized spacial score (nSPS) is 11.2. The molecular weight excluding hydrogens is 410 g/mol. The Labute approximate surface area is 184 Å². The molecule has 8 heteroatoms. The van der Waals surface area contributed by atoms with E-state index in [0.717, 1.165) is 33.2 Å². The van der Waals surface area contributed by atoms with Crippen LogP contribution < -0.4 is 11.0 Å². The quantitative estimate of drug-likeness (QED) is 0.452. The molecule has 0 saturated carbocycles. The second-order valence-electron chi connectivity index (χ2n) is 7.32. The summed E-state index contributed by atoms with van der Waals surface area (Å²) in [6.45, 7) is 3.06. The van der Waals surface area contributed by atoms with E-state index in [9.17, 15) is 9.59 Å². The number of nitrogens with zero attached hydrogens (tertiary/aromatic N) is 4. The number of anilines is 1. The fraction of sp³-hybridized carbons (Fsp3) is 0.261. The topological polar surface area (TPSA) is 73.8 Å². The van der Waals surface area contributed by atoms with Gasteiger partial charge in [-0.05, 0) is 42.8 Å². The molecule has 0 aliphatic heterocycles. The molecule has 4 rings (SSSR count). The van der Waals surface area contributed by atoms with E-state index in [0.29, 0.717) is 13.1 Å². The zero-order chi connectivity index (χ0) is 21.8. The molecule has 0 fully saturated rings. The molecule has 2 aromatic heterocycles. The summed E-state index contributed by atoms with van der Waals surface area (Å²) in [7, 11) is 1.95. The highest BCUT2D eigenvalue weighted by Gasteiger charge is 2.13. The molecule has 0 saturated heterocycles. The van der Waals surface area contributed by atoms with Crippen LogP contribution in [0.5, 0.6) is 0 Å². The molecule has 2 aromatic carbocycles. The standard InChI is InChI=1S/C23H25N5O2S/c1-3-14-27-19-6-4-5-7-20(19)28(23(27)30)15-12-21(29)25-17-8-10-18(11-9-17)31-22-24-13-16-26(22)2/h4-11,13,16H,3,12,14-15H2,1-2H3,(H,25,29). The molecule has 7 nitrogen and oxygen atoms in total. The van der Waals surface area contributed by atoms with Crippen molar-refractivity contribution in [1.82, 2.24) is 18.7 Å². The molecule has 4 aromatic rings. The van der Waals surface area contributed by atoms with Gasteiger partial charge in [-0.3, -0.25) is 13.9 Å². The van der Waals surface area contributed by atoms with E-state index >= 15 is 0 Å². The van der Waals surface area contributed by atoms with Crippen LogP contribution in [0.15, 0.2) is 75.8 Å². The van der Waals surface area contributed by atoms with Crippen LogP contribution >= 0.6 is 11.8 Å². The third-order valence-electron chi connectivity index (χ3n) is 5.06. The van der Waals surface area contributed by atoms with E-state index in [1.54, 1.807) is 27.1 Å². The molecule has 0 aliphatic carbocycles. The Morgan fingerprint density at radius 3 is 2.32 bits per heavy atom. The minimum Gasteiger partial charge on any atom is -0.329 e. The molecular formula is C23H25N5O2S. The second kappa shape index (κ2) is 9.26. The third-order valence-corrected chi connectivity index (χ3v) is 6.14. The predicted molar refractivity (Wildman–Crippen MR) is 124 cm³/mol. The van der Waals surface area contributed by atoms with Crippen molar-refractivity contribution in [2.45, 2.75) is 42.9 Å². The van der Waals surface area contributed by atoms with Gasteiger partial charge in [0, 0.05) is 49.5 Å². The van der Waals surface area contributed by atoms with Crippen LogP contribution in [0.4, 0.5) is 5.69 Å². The summed E-state index contributed by atoms with van der Waals surface area (Å²) in [6, 6.07) is 15.4. The van der Waals surface area contributed by atoms with Crippen LogP contribution in [0.1, 0.15) is 19.8 Å². The Balaban J connectivity index is 1.40. The highest BCUT2D eigenvalue weighted by atomic mass is 32.2. The molecule has 31 heavy (non-hydrogen) atoms. The molecule has 1 amide bonds. The van der Waals surface area contributed by atoms with E-state index in [1.165, 1.54) is 0 Å². The van der Waals surface area contributed by atoms with E-state index in [1.807, 2.05) is 73.3 Å². The van der Waals surface area contributed by atoms with Gasteiger partial charge in [0.2, 0.25) is 5.91 Å². The number of aromatic nitrogens is 4. The first kappa shape index (κ1) is 21.0. The van der Waals surface area contributed by atoms with Crippen molar-refractivity contribution in [2.24, 2.45) is 7.05 Å². The lowest BCUT2D eigenvalue weighted by Gasteiger charge is -2.07. The Morgan fingerprint density at radius 1 is 1.03 bits per heavy atom. The zero-order valence-corrected chi connectivity index (χ0v) is 18.4. The number of nitrogens with one attached hydrogen (secondary N) is 1. The fourth-order valence-corrected chi connectivity index (χ4v) is 4.33. The van der Waals surface area contributed by atoms with Crippen molar-refractivity contribution >= 4 is 34.4 Å². The van der Waals surface area contributed by atoms with Crippen LogP contribution in [-0.2, 0) is 24.9 Å². The van der Waals surface area contributed by atoms with Crippen LogP contribution in [-0.4, -0.2) is 24.6 Å². The van der Waals surface area contributed by atoms with Gasteiger partial charge in [-0.15, -0.1) is 0 Å². The van der Waals surface area contributed by atoms with Gasteiger partial charge in [-0.1, -0.05) is 30.8 Å². The average Bonchev–Trinajstić information content (AvgIpc) is 3.29. The Kier molecular flexibility index (Phi) is 6.27. The second-order valence-corrected chi connectivity index (χ2v) is 8.36. The van der Waals surface area contributed by atoms with Gasteiger partial charge in [0.1, 0.15) is 0 Å². The van der Waals surface area contributed by atoms with Gasteiger partial charge < -0.3 is 9.88 Å². The van der Waals surface area contributed by atoms with Crippen LogP contribution in [0.2, 0.25) is 0 Å². The van der Waals surface area contributed by atoms with Crippen LogP contribution in [0.25, 0.3) is 11.0 Å². The molecule has 0 atom stereocenters. The molecule has 0 aliphatic rings. The number of amides is 1. The molecule has 160 valence electrons. The minimum absolute atomic E-state index is 0.0634. The summed E-state index contributed by atoms with van der Waals surface area (Å²) < 4.78 is 5.43. The van der Waals surface area contributed by atoms with Crippen molar-refractivity contribution < 1.29 is 4.79 Å². The molecule has 0 spiro atoms. The lowest BCUT2D eigenvalue weighted by molar-refractivity contribution is -0.116. The van der Waals surface area contributed by atoms with E-state index in [2.05, 4.69) is 10.3 Å². The first-order valence-corrected chi connectivity index (χ1v) is 11.1. The number of aryl methyl sites for hydroxylation is 3. The van der Waals surface area contributed by atoms with Crippen molar-refractivity contribution in [1.29, 1.82) is 0 Å². The van der Waals surface area contributed by atoms with Gasteiger partial charge >= 0.3 is 5.69 Å². The van der Waals surface area contributed by atoms with E-state index < -0.39 is 0 Å². The van der Waals surface area contributed by atoms with Gasteiger partial charge in [-0.2, -0.15) is 0 Å². The summed E-state index contributed by atoms with van der Waals surface area (Å²) in [6.07, 6.45) is 4.77. The Bertz CT molecular complexity index is 1250. The van der Waals surface area contributed by atoms with Gasteiger partial charge in [-0.25, -0.2) is 9.78 Å². The summed E-state index contributed by atoms with van der Waals surface area (Å²) in [5.74, 6) is -0.122. The highest BCUT2D eigenvalue weighted by molar-refractivity contribution is 7.99. The third kappa shape index (κ3) is 4.59. The molecule has 2 heterocycles. The van der Waals surface area contributed by atoms with Gasteiger partial charge in [0.15, 0.2) is 5.16 Å². The van der Waals surface area contributed by atoms with Gasteiger partial charge in [0.25, 0.3) is 0 Å². The zero-order valence-electron chi connectivity index (χ0n) is 17.6. The maximum absolute atomic E-state index is 12.8. The lowest BCUT2D eigenvalue weighted by atomic mass is 10.3. The summed E-state index contributed by atoms with van der Waals surface area (Å²) in [4.78, 5) is 30.7. The van der Waals surface area contributed by atoms with Crippen molar-refractivity contribution in [3.63, 3.8) is 0 Å². The molecule has 0 bridgehead atoms. The summed E-state index contributed by atoms with van der Waals surface area (Å²) in [5, 5.41) is 3.82. The largest absolute Gasteiger partial charge is 0.329 e. The highest BCUT2D eigenvalue weighted by Crippen LogP contribution is 2.26. The number of carbonyl (C=O) groups is 1. The smallest absolute Gasteiger partial charge is 0.329 e. The number of fused-ring (bicyclic) bond motifs is 1. The van der Waals surface area contributed by atoms with Crippen LogP contribution in [0.3, 0.4) is 0 Å². The molecule has 1 N–H and O–H groups in total. The fourth-order valence-electron chi connectivity index (χ4n) is 3.53. The number of rotatable bonds is 8. The molecule has 0 unspecified atom stereocenters. The van der Waals surface area contributed by atoms with Crippen molar-refractivity contribution in [2.75, 3.05) is 5.32 Å². The van der Waals surface area contributed by atoms with Crippen LogP contribution in [0, 0.1) is 0 Å².